The second-order valence-corrected chi connectivity index (χ2v) is 6.10. The van der Waals surface area contributed by atoms with Crippen LogP contribution < -0.4 is 10.5 Å². The van der Waals surface area contributed by atoms with E-state index in [-0.39, 0.29) is 0 Å². The van der Waals surface area contributed by atoms with Crippen LogP contribution in [0.3, 0.4) is 0 Å². The molecule has 3 aromatic carbocycles. The quantitative estimate of drug-likeness (QED) is 0.487. The summed E-state index contributed by atoms with van der Waals surface area (Å²) in [5.41, 5.74) is 8.07. The van der Waals surface area contributed by atoms with Crippen molar-refractivity contribution in [1.29, 1.82) is 0 Å². The highest BCUT2D eigenvalue weighted by atomic mass is 16.5. The molecule has 0 fully saturated rings. The zero-order valence-electron chi connectivity index (χ0n) is 15.1. The molecule has 0 aromatic heterocycles. The minimum absolute atomic E-state index is 0.554. The van der Waals surface area contributed by atoms with Crippen LogP contribution in [0.25, 0.3) is 0 Å². The van der Waals surface area contributed by atoms with Gasteiger partial charge in [0.2, 0.25) is 0 Å². The summed E-state index contributed by atoms with van der Waals surface area (Å²) in [5.74, 6) is 0.799. The molecule has 2 N–H and O–H groups in total. The Labute approximate surface area is 155 Å². The van der Waals surface area contributed by atoms with Crippen LogP contribution in [0.1, 0.15) is 23.1 Å². The molecule has 3 nitrogen and oxygen atoms in total. The number of benzene rings is 3. The van der Waals surface area contributed by atoms with Crippen molar-refractivity contribution in [3.63, 3.8) is 0 Å². The smallest absolute Gasteiger partial charge is 0.147 e. The van der Waals surface area contributed by atoms with E-state index >= 15 is 0 Å². The molecule has 0 radical (unpaired) electrons. The Hall–Kier alpha value is -2.62. The number of hydrogen-bond donors (Lipinski definition) is 1. The van der Waals surface area contributed by atoms with E-state index in [0.29, 0.717) is 13.2 Å². The molecule has 0 aliphatic rings. The maximum absolute atomic E-state index is 6.61. The van der Waals surface area contributed by atoms with Gasteiger partial charge in [-0.15, -0.1) is 0 Å². The molecule has 0 aliphatic carbocycles. The summed E-state index contributed by atoms with van der Waals surface area (Å²) in [4.78, 5) is 0. The molecule has 0 heterocycles. The average Bonchev–Trinajstić information content (AvgIpc) is 2.73. The molecule has 0 amide bonds. The van der Waals surface area contributed by atoms with Crippen LogP contribution in [0.2, 0.25) is 0 Å². The van der Waals surface area contributed by atoms with E-state index in [2.05, 4.69) is 30.3 Å². The molecule has 3 aromatic rings. The fraction of sp³-hybridized carbons (Fsp3) is 0.217. The SMILES string of the molecule is COc1ccccc1C(OCCCN)(c1ccccc1)c1ccccc1. The lowest BCUT2D eigenvalue weighted by Crippen LogP contribution is -2.34. The summed E-state index contributed by atoms with van der Waals surface area (Å²) in [5, 5.41) is 0. The topological polar surface area (TPSA) is 44.5 Å². The van der Waals surface area contributed by atoms with E-state index in [1.165, 1.54) is 0 Å². The molecular weight excluding hydrogens is 322 g/mol. The third-order valence-electron chi connectivity index (χ3n) is 4.51. The van der Waals surface area contributed by atoms with Gasteiger partial charge >= 0.3 is 0 Å². The summed E-state index contributed by atoms with van der Waals surface area (Å²) < 4.78 is 12.3. The molecule has 0 atom stereocenters. The minimum Gasteiger partial charge on any atom is -0.496 e. The van der Waals surface area contributed by atoms with Gasteiger partial charge in [-0.2, -0.15) is 0 Å². The molecule has 3 rings (SSSR count). The van der Waals surface area contributed by atoms with Gasteiger partial charge in [-0.1, -0.05) is 78.9 Å². The summed E-state index contributed by atoms with van der Waals surface area (Å²) in [6.07, 6.45) is 0.788. The van der Waals surface area contributed by atoms with Crippen LogP contribution in [0.15, 0.2) is 84.9 Å². The molecular formula is C23H25NO2. The number of hydrogen-bond acceptors (Lipinski definition) is 3. The van der Waals surface area contributed by atoms with Gasteiger partial charge in [0.1, 0.15) is 11.4 Å². The zero-order valence-corrected chi connectivity index (χ0v) is 15.1. The standard InChI is InChI=1S/C23H25NO2/c1-25-22-16-9-8-15-21(22)23(26-18-10-17-24,19-11-4-2-5-12-19)20-13-6-3-7-14-20/h2-9,11-16H,10,17-18,24H2,1H3. The number of rotatable bonds is 8. The minimum atomic E-state index is -0.760. The molecule has 0 spiro atoms. The van der Waals surface area contributed by atoms with Gasteiger partial charge in [-0.25, -0.2) is 0 Å². The third-order valence-corrected chi connectivity index (χ3v) is 4.51. The van der Waals surface area contributed by atoms with E-state index in [1.54, 1.807) is 7.11 Å². The van der Waals surface area contributed by atoms with E-state index in [0.717, 1.165) is 28.9 Å². The Balaban J connectivity index is 2.28. The predicted octanol–water partition coefficient (Wildman–Crippen LogP) is 4.35. The Morgan fingerprint density at radius 2 is 1.31 bits per heavy atom. The van der Waals surface area contributed by atoms with Gasteiger partial charge in [-0.05, 0) is 30.2 Å². The second kappa shape index (κ2) is 8.65. The van der Waals surface area contributed by atoms with Crippen molar-refractivity contribution in [2.24, 2.45) is 5.73 Å². The van der Waals surface area contributed by atoms with E-state index in [1.807, 2.05) is 54.6 Å². The normalized spacial score (nSPS) is 11.3. The highest BCUT2D eigenvalue weighted by Crippen LogP contribution is 2.44. The highest BCUT2D eigenvalue weighted by Gasteiger charge is 2.39. The van der Waals surface area contributed by atoms with E-state index in [4.69, 9.17) is 15.2 Å². The van der Waals surface area contributed by atoms with Gasteiger partial charge in [0, 0.05) is 12.2 Å². The highest BCUT2D eigenvalue weighted by molar-refractivity contribution is 5.52. The van der Waals surface area contributed by atoms with Crippen LogP contribution in [0.4, 0.5) is 0 Å². The monoisotopic (exact) mass is 347 g/mol. The average molecular weight is 347 g/mol. The molecule has 0 aliphatic heterocycles. The summed E-state index contributed by atoms with van der Waals surface area (Å²) >= 11 is 0. The van der Waals surface area contributed by atoms with Crippen molar-refractivity contribution in [3.05, 3.63) is 102 Å². The Morgan fingerprint density at radius 1 is 0.769 bits per heavy atom. The van der Waals surface area contributed by atoms with Crippen LogP contribution in [0.5, 0.6) is 5.75 Å². The first-order chi connectivity index (χ1) is 12.8. The largest absolute Gasteiger partial charge is 0.496 e. The number of methoxy groups -OCH3 is 1. The van der Waals surface area contributed by atoms with Crippen molar-refractivity contribution in [2.75, 3.05) is 20.3 Å². The van der Waals surface area contributed by atoms with Crippen molar-refractivity contribution in [1.82, 2.24) is 0 Å². The van der Waals surface area contributed by atoms with Gasteiger partial charge in [0.15, 0.2) is 0 Å². The summed E-state index contributed by atoms with van der Waals surface area (Å²) in [6.45, 7) is 1.14. The fourth-order valence-corrected chi connectivity index (χ4v) is 3.31. The van der Waals surface area contributed by atoms with Gasteiger partial charge < -0.3 is 15.2 Å². The first-order valence-corrected chi connectivity index (χ1v) is 8.91. The Kier molecular flexibility index (Phi) is 6.05. The third kappa shape index (κ3) is 3.50. The van der Waals surface area contributed by atoms with Crippen LogP contribution in [0, 0.1) is 0 Å². The number of nitrogens with two attached hydrogens (primary N) is 1. The van der Waals surface area contributed by atoms with Crippen LogP contribution in [-0.2, 0) is 10.3 Å². The lowest BCUT2D eigenvalue weighted by Gasteiger charge is -2.36. The maximum atomic E-state index is 6.61. The maximum Gasteiger partial charge on any atom is 0.147 e. The second-order valence-electron chi connectivity index (χ2n) is 6.10. The molecule has 0 unspecified atom stereocenters. The molecule has 0 saturated heterocycles. The van der Waals surface area contributed by atoms with Crippen molar-refractivity contribution in [2.45, 2.75) is 12.0 Å². The van der Waals surface area contributed by atoms with E-state index in [9.17, 15) is 0 Å². The van der Waals surface area contributed by atoms with Crippen molar-refractivity contribution < 1.29 is 9.47 Å². The van der Waals surface area contributed by atoms with Crippen molar-refractivity contribution >= 4 is 0 Å². The van der Waals surface area contributed by atoms with E-state index < -0.39 is 5.60 Å². The van der Waals surface area contributed by atoms with Crippen molar-refractivity contribution in [3.8, 4) is 5.75 Å². The lowest BCUT2D eigenvalue weighted by atomic mass is 9.79. The number of para-hydroxylation sites is 1. The zero-order chi connectivity index (χ0) is 18.2. The van der Waals surface area contributed by atoms with Gasteiger partial charge in [0.05, 0.1) is 7.11 Å². The van der Waals surface area contributed by atoms with Gasteiger partial charge in [-0.3, -0.25) is 0 Å². The molecule has 0 bridgehead atoms. The van der Waals surface area contributed by atoms with Gasteiger partial charge in [0.25, 0.3) is 0 Å². The lowest BCUT2D eigenvalue weighted by molar-refractivity contribution is 0.0109. The molecule has 134 valence electrons. The first-order valence-electron chi connectivity index (χ1n) is 8.91. The van der Waals surface area contributed by atoms with Crippen LogP contribution in [-0.4, -0.2) is 20.3 Å². The summed E-state index contributed by atoms with van der Waals surface area (Å²) in [6, 6.07) is 28.6. The fourth-order valence-electron chi connectivity index (χ4n) is 3.31. The summed E-state index contributed by atoms with van der Waals surface area (Å²) in [7, 11) is 1.69. The Bertz CT molecular complexity index is 763. The van der Waals surface area contributed by atoms with Crippen LogP contribution >= 0.6 is 0 Å². The number of ether oxygens (including phenoxy) is 2. The Morgan fingerprint density at radius 3 is 1.85 bits per heavy atom. The first kappa shape index (κ1) is 18.2. The molecule has 0 saturated carbocycles. The molecule has 3 heteroatoms. The molecule has 26 heavy (non-hydrogen) atoms. The predicted molar refractivity (Wildman–Crippen MR) is 105 cm³/mol.